The van der Waals surface area contributed by atoms with Crippen molar-refractivity contribution in [3.05, 3.63) is 83.7 Å². The SMILES string of the molecule is COc1ccccc1CCNC(=O)c1cnn2c(C(F)F)cc(-c3ccccc3)nc12. The van der Waals surface area contributed by atoms with Gasteiger partial charge in [-0.3, -0.25) is 4.79 Å². The van der Waals surface area contributed by atoms with Gasteiger partial charge in [0.1, 0.15) is 17.0 Å². The first-order valence-corrected chi connectivity index (χ1v) is 9.71. The number of nitrogens with one attached hydrogen (secondary N) is 1. The summed E-state index contributed by atoms with van der Waals surface area (Å²) in [6, 6.07) is 17.8. The van der Waals surface area contributed by atoms with Crippen LogP contribution in [0.2, 0.25) is 0 Å². The van der Waals surface area contributed by atoms with Gasteiger partial charge in [-0.2, -0.15) is 5.10 Å². The second kappa shape index (κ2) is 8.91. The summed E-state index contributed by atoms with van der Waals surface area (Å²) in [6.45, 7) is 0.344. The smallest absolute Gasteiger partial charge is 0.280 e. The lowest BCUT2D eigenvalue weighted by atomic mass is 10.1. The van der Waals surface area contributed by atoms with Crippen LogP contribution in [0.5, 0.6) is 5.75 Å². The van der Waals surface area contributed by atoms with E-state index in [1.165, 1.54) is 12.3 Å². The molecule has 0 unspecified atom stereocenters. The minimum Gasteiger partial charge on any atom is -0.496 e. The Morgan fingerprint density at radius 1 is 1.13 bits per heavy atom. The Bertz CT molecular complexity index is 1210. The van der Waals surface area contributed by atoms with Gasteiger partial charge in [-0.15, -0.1) is 0 Å². The second-order valence-corrected chi connectivity index (χ2v) is 6.84. The van der Waals surface area contributed by atoms with E-state index in [1.54, 1.807) is 31.4 Å². The number of methoxy groups -OCH3 is 1. The summed E-state index contributed by atoms with van der Waals surface area (Å²) < 4.78 is 33.7. The summed E-state index contributed by atoms with van der Waals surface area (Å²) in [5, 5.41) is 6.79. The monoisotopic (exact) mass is 422 g/mol. The quantitative estimate of drug-likeness (QED) is 0.482. The van der Waals surface area contributed by atoms with Crippen molar-refractivity contribution in [2.45, 2.75) is 12.8 Å². The van der Waals surface area contributed by atoms with Crippen LogP contribution in [0.15, 0.2) is 66.9 Å². The molecule has 0 fully saturated rings. The zero-order chi connectivity index (χ0) is 21.8. The maximum atomic E-state index is 13.7. The maximum absolute atomic E-state index is 13.7. The Morgan fingerprint density at radius 3 is 2.61 bits per heavy atom. The number of para-hydroxylation sites is 1. The van der Waals surface area contributed by atoms with Crippen LogP contribution in [0.1, 0.15) is 28.0 Å². The Kier molecular flexibility index (Phi) is 5.88. The minimum atomic E-state index is -2.77. The van der Waals surface area contributed by atoms with Crippen molar-refractivity contribution >= 4 is 11.6 Å². The fourth-order valence-electron chi connectivity index (χ4n) is 3.37. The van der Waals surface area contributed by atoms with Crippen LogP contribution < -0.4 is 10.1 Å². The molecule has 1 N–H and O–H groups in total. The lowest BCUT2D eigenvalue weighted by molar-refractivity contribution is 0.0955. The number of halogens is 2. The predicted octanol–water partition coefficient (Wildman–Crippen LogP) is 4.32. The highest BCUT2D eigenvalue weighted by molar-refractivity contribution is 5.99. The van der Waals surface area contributed by atoms with E-state index in [4.69, 9.17) is 4.74 Å². The van der Waals surface area contributed by atoms with Crippen molar-refractivity contribution in [2.24, 2.45) is 0 Å². The van der Waals surface area contributed by atoms with E-state index >= 15 is 0 Å². The molecule has 158 valence electrons. The topological polar surface area (TPSA) is 68.5 Å². The van der Waals surface area contributed by atoms with Gasteiger partial charge in [0.25, 0.3) is 12.3 Å². The van der Waals surface area contributed by atoms with Gasteiger partial charge >= 0.3 is 0 Å². The number of rotatable bonds is 7. The number of carbonyl (C=O) groups is 1. The Hall–Kier alpha value is -3.81. The third-order valence-corrected chi connectivity index (χ3v) is 4.91. The van der Waals surface area contributed by atoms with Gasteiger partial charge in [0.2, 0.25) is 0 Å². The van der Waals surface area contributed by atoms with E-state index in [2.05, 4.69) is 15.4 Å². The molecule has 8 heteroatoms. The maximum Gasteiger partial charge on any atom is 0.280 e. The van der Waals surface area contributed by atoms with Crippen LogP contribution in [0.25, 0.3) is 16.9 Å². The van der Waals surface area contributed by atoms with Gasteiger partial charge in [-0.1, -0.05) is 48.5 Å². The fourth-order valence-corrected chi connectivity index (χ4v) is 3.37. The van der Waals surface area contributed by atoms with Crippen LogP contribution in [0.3, 0.4) is 0 Å². The molecular weight excluding hydrogens is 402 g/mol. The second-order valence-electron chi connectivity index (χ2n) is 6.84. The molecule has 4 aromatic rings. The van der Waals surface area contributed by atoms with Crippen LogP contribution in [-0.4, -0.2) is 34.2 Å². The molecule has 31 heavy (non-hydrogen) atoms. The van der Waals surface area contributed by atoms with Crippen LogP contribution in [0, 0.1) is 0 Å². The third kappa shape index (κ3) is 4.23. The number of nitrogens with zero attached hydrogens (tertiary/aromatic N) is 3. The fraction of sp³-hybridized carbons (Fsp3) is 0.174. The lowest BCUT2D eigenvalue weighted by Crippen LogP contribution is -2.26. The molecule has 0 aliphatic heterocycles. The summed E-state index contributed by atoms with van der Waals surface area (Å²) in [7, 11) is 1.59. The molecule has 0 aliphatic carbocycles. The molecule has 0 aliphatic rings. The molecule has 2 aromatic heterocycles. The van der Waals surface area contributed by atoms with Gasteiger partial charge in [-0.25, -0.2) is 18.3 Å². The molecule has 0 saturated heterocycles. The van der Waals surface area contributed by atoms with Gasteiger partial charge in [0.05, 0.1) is 19.0 Å². The van der Waals surface area contributed by atoms with Crippen LogP contribution in [-0.2, 0) is 6.42 Å². The highest BCUT2D eigenvalue weighted by atomic mass is 19.3. The van der Waals surface area contributed by atoms with E-state index in [0.29, 0.717) is 24.2 Å². The first-order valence-electron chi connectivity index (χ1n) is 9.71. The number of aromatic nitrogens is 3. The molecule has 0 radical (unpaired) electrons. The van der Waals surface area contributed by atoms with E-state index < -0.39 is 12.3 Å². The molecule has 4 rings (SSSR count). The molecule has 1 amide bonds. The Morgan fingerprint density at radius 2 is 1.87 bits per heavy atom. The van der Waals surface area contributed by atoms with E-state index in [0.717, 1.165) is 15.8 Å². The van der Waals surface area contributed by atoms with Crippen molar-refractivity contribution in [2.75, 3.05) is 13.7 Å². The number of benzene rings is 2. The number of ether oxygens (including phenoxy) is 1. The average Bonchev–Trinajstić information content (AvgIpc) is 3.23. The first kappa shape index (κ1) is 20.5. The summed E-state index contributed by atoms with van der Waals surface area (Å²) in [6.07, 6.45) is -0.948. The van der Waals surface area contributed by atoms with Crippen LogP contribution >= 0.6 is 0 Å². The predicted molar refractivity (Wildman–Crippen MR) is 112 cm³/mol. The van der Waals surface area contributed by atoms with E-state index in [-0.39, 0.29) is 16.9 Å². The van der Waals surface area contributed by atoms with Gasteiger partial charge in [0, 0.05) is 12.1 Å². The normalized spacial score (nSPS) is 11.1. The number of hydrogen-bond acceptors (Lipinski definition) is 4. The zero-order valence-electron chi connectivity index (χ0n) is 16.8. The molecule has 2 heterocycles. The van der Waals surface area contributed by atoms with E-state index in [1.807, 2.05) is 30.3 Å². The number of carbonyl (C=O) groups excluding carboxylic acids is 1. The molecule has 0 spiro atoms. The number of hydrogen-bond donors (Lipinski definition) is 1. The lowest BCUT2D eigenvalue weighted by Gasteiger charge is -2.10. The average molecular weight is 422 g/mol. The van der Waals surface area contributed by atoms with Crippen molar-refractivity contribution in [1.29, 1.82) is 0 Å². The minimum absolute atomic E-state index is 0.0893. The third-order valence-electron chi connectivity index (χ3n) is 4.91. The summed E-state index contributed by atoms with van der Waals surface area (Å²) in [5.41, 5.74) is 1.89. The molecular formula is C23H20F2N4O2. The highest BCUT2D eigenvalue weighted by Gasteiger charge is 2.21. The van der Waals surface area contributed by atoms with E-state index in [9.17, 15) is 13.6 Å². The molecule has 0 atom stereocenters. The summed E-state index contributed by atoms with van der Waals surface area (Å²) in [5.74, 6) is 0.311. The summed E-state index contributed by atoms with van der Waals surface area (Å²) in [4.78, 5) is 17.2. The van der Waals surface area contributed by atoms with Gasteiger partial charge in [-0.05, 0) is 24.1 Å². The molecule has 2 aromatic carbocycles. The largest absolute Gasteiger partial charge is 0.496 e. The van der Waals surface area contributed by atoms with Crippen molar-refractivity contribution < 1.29 is 18.3 Å². The first-order chi connectivity index (χ1) is 15.1. The van der Waals surface area contributed by atoms with Gasteiger partial charge < -0.3 is 10.1 Å². The molecule has 0 saturated carbocycles. The number of amides is 1. The number of alkyl halides is 2. The van der Waals surface area contributed by atoms with Crippen molar-refractivity contribution in [3.63, 3.8) is 0 Å². The number of fused-ring (bicyclic) bond motifs is 1. The standard InChI is InChI=1S/C23H20F2N4O2/c1-31-20-10-6-5-9-16(20)11-12-26-23(30)17-14-27-29-19(21(24)25)13-18(28-22(17)29)15-7-3-2-4-8-15/h2-10,13-14,21H,11-12H2,1H3,(H,26,30). The van der Waals surface area contributed by atoms with Crippen molar-refractivity contribution in [3.8, 4) is 17.0 Å². The molecule has 0 bridgehead atoms. The van der Waals surface area contributed by atoms with Gasteiger partial charge in [0.15, 0.2) is 5.65 Å². The zero-order valence-corrected chi connectivity index (χ0v) is 16.8. The van der Waals surface area contributed by atoms with Crippen molar-refractivity contribution in [1.82, 2.24) is 19.9 Å². The van der Waals surface area contributed by atoms with Crippen LogP contribution in [0.4, 0.5) is 8.78 Å². The summed E-state index contributed by atoms with van der Waals surface area (Å²) >= 11 is 0. The molecule has 6 nitrogen and oxygen atoms in total. The Balaban J connectivity index is 1.61. The Labute approximate surface area is 177 Å². The highest BCUT2D eigenvalue weighted by Crippen LogP contribution is 2.26.